The number of carboxylic acid groups (broad SMARTS) is 1. The summed E-state index contributed by atoms with van der Waals surface area (Å²) in [4.78, 5) is 15.0. The second-order valence-corrected chi connectivity index (χ2v) is 7.39. The molecule has 2 N–H and O–H groups in total. The van der Waals surface area contributed by atoms with Gasteiger partial charge < -0.3 is 5.11 Å². The van der Waals surface area contributed by atoms with Crippen molar-refractivity contribution in [2.75, 3.05) is 17.8 Å². The predicted octanol–water partition coefficient (Wildman–Crippen LogP) is 1.77. The molecule has 1 aromatic heterocycles. The molecule has 116 valence electrons. The highest BCUT2D eigenvalue weighted by molar-refractivity contribution is 7.90. The molecular weight excluding hydrogens is 314 g/mol. The molecule has 0 aliphatic carbocycles. The van der Waals surface area contributed by atoms with Crippen molar-refractivity contribution in [2.24, 2.45) is 0 Å². The van der Waals surface area contributed by atoms with Gasteiger partial charge in [-0.15, -0.1) is 0 Å². The number of carboxylic acids is 1. The Hall–Kier alpha value is -1.45. The molecule has 0 spiro atoms. The molecule has 0 bridgehead atoms. The number of hydrogen-bond donors (Lipinski definition) is 2. The number of thiazole rings is 1. The van der Waals surface area contributed by atoms with Crippen LogP contribution in [0.4, 0.5) is 5.13 Å². The normalized spacial score (nSPS) is 17.7. The fourth-order valence-corrected chi connectivity index (χ4v) is 4.22. The Morgan fingerprint density at radius 3 is 2.62 bits per heavy atom. The number of nitrogens with one attached hydrogen (secondary N) is 1. The van der Waals surface area contributed by atoms with E-state index in [1.165, 1.54) is 16.6 Å². The number of carbonyl (C=O) groups is 1. The smallest absolute Gasteiger partial charge is 0.328 e. The highest BCUT2D eigenvalue weighted by Crippen LogP contribution is 2.22. The highest BCUT2D eigenvalue weighted by atomic mass is 32.2. The summed E-state index contributed by atoms with van der Waals surface area (Å²) in [6.45, 7) is 1.04. The second-order valence-electron chi connectivity index (χ2n) is 4.66. The van der Waals surface area contributed by atoms with Crippen molar-refractivity contribution < 1.29 is 18.3 Å². The van der Waals surface area contributed by atoms with Gasteiger partial charge in [0.05, 0.1) is 0 Å². The maximum absolute atomic E-state index is 12.3. The molecule has 21 heavy (non-hydrogen) atoms. The van der Waals surface area contributed by atoms with Gasteiger partial charge in [-0.2, -0.15) is 12.7 Å². The molecule has 0 aromatic carbocycles. The van der Waals surface area contributed by atoms with Gasteiger partial charge >= 0.3 is 16.2 Å². The third-order valence-corrected chi connectivity index (χ3v) is 5.54. The van der Waals surface area contributed by atoms with Crippen LogP contribution >= 0.6 is 11.3 Å². The lowest BCUT2D eigenvalue weighted by Crippen LogP contribution is -2.36. The van der Waals surface area contributed by atoms with E-state index in [-0.39, 0.29) is 5.13 Å². The number of aliphatic carboxylic acids is 1. The summed E-state index contributed by atoms with van der Waals surface area (Å²) < 4.78 is 28.4. The molecule has 1 aromatic rings. The van der Waals surface area contributed by atoms with E-state index in [1.807, 2.05) is 0 Å². The number of rotatable bonds is 5. The van der Waals surface area contributed by atoms with Crippen molar-refractivity contribution in [3.8, 4) is 0 Å². The van der Waals surface area contributed by atoms with E-state index < -0.39 is 16.2 Å². The third-order valence-electron chi connectivity index (χ3n) is 3.03. The van der Waals surface area contributed by atoms with Crippen molar-refractivity contribution in [1.29, 1.82) is 0 Å². The van der Waals surface area contributed by atoms with E-state index in [9.17, 15) is 13.2 Å². The summed E-state index contributed by atoms with van der Waals surface area (Å²) in [5, 5.41) is 8.78. The minimum absolute atomic E-state index is 0.240. The SMILES string of the molecule is O=C(O)C=Cc1cnc(NS(=O)(=O)N2CCCCCC2)s1. The first kappa shape index (κ1) is 15.9. The summed E-state index contributed by atoms with van der Waals surface area (Å²) in [6, 6.07) is 0. The summed E-state index contributed by atoms with van der Waals surface area (Å²) in [5.41, 5.74) is 0. The standard InChI is InChI=1S/C12H17N3O4S2/c16-11(17)6-5-10-9-13-12(20-10)14-21(18,19)15-7-3-1-2-4-8-15/h5-6,9H,1-4,7-8H2,(H,13,14)(H,16,17). The van der Waals surface area contributed by atoms with Gasteiger partial charge in [-0.1, -0.05) is 24.2 Å². The maximum Gasteiger partial charge on any atom is 0.328 e. The lowest BCUT2D eigenvalue weighted by atomic mass is 10.2. The topological polar surface area (TPSA) is 99.6 Å². The van der Waals surface area contributed by atoms with Crippen molar-refractivity contribution in [3.05, 3.63) is 17.2 Å². The largest absolute Gasteiger partial charge is 0.478 e. The van der Waals surface area contributed by atoms with E-state index in [2.05, 4.69) is 9.71 Å². The van der Waals surface area contributed by atoms with Crippen molar-refractivity contribution in [3.63, 3.8) is 0 Å². The lowest BCUT2D eigenvalue weighted by Gasteiger charge is -2.19. The fourth-order valence-electron chi connectivity index (χ4n) is 2.02. The fraction of sp³-hybridized carbons (Fsp3) is 0.500. The minimum Gasteiger partial charge on any atom is -0.478 e. The first-order chi connectivity index (χ1) is 9.97. The van der Waals surface area contributed by atoms with Crippen LogP contribution in [0.1, 0.15) is 30.6 Å². The average molecular weight is 331 g/mol. The summed E-state index contributed by atoms with van der Waals surface area (Å²) in [6.07, 6.45) is 7.63. The van der Waals surface area contributed by atoms with Crippen molar-refractivity contribution in [1.82, 2.24) is 9.29 Å². The predicted molar refractivity (Wildman–Crippen MR) is 81.4 cm³/mol. The molecule has 0 radical (unpaired) electrons. The van der Waals surface area contributed by atoms with Crippen LogP contribution < -0.4 is 4.72 Å². The van der Waals surface area contributed by atoms with Gasteiger partial charge in [-0.05, 0) is 18.9 Å². The van der Waals surface area contributed by atoms with E-state index >= 15 is 0 Å². The zero-order chi connectivity index (χ0) is 15.3. The second kappa shape index (κ2) is 7.01. The van der Waals surface area contributed by atoms with Gasteiger partial charge in [0.15, 0.2) is 5.13 Å². The third kappa shape index (κ3) is 4.80. The van der Waals surface area contributed by atoms with E-state index in [0.29, 0.717) is 18.0 Å². The van der Waals surface area contributed by atoms with Crippen LogP contribution in [0, 0.1) is 0 Å². The molecule has 1 aliphatic rings. The van der Waals surface area contributed by atoms with Crippen LogP contribution in [0.3, 0.4) is 0 Å². The zero-order valence-corrected chi connectivity index (χ0v) is 13.0. The summed E-state index contributed by atoms with van der Waals surface area (Å²) in [7, 11) is -3.59. The van der Waals surface area contributed by atoms with Crippen LogP contribution in [0.15, 0.2) is 12.3 Å². The maximum atomic E-state index is 12.3. The zero-order valence-electron chi connectivity index (χ0n) is 11.4. The monoisotopic (exact) mass is 331 g/mol. The Bertz CT molecular complexity index is 616. The summed E-state index contributed by atoms with van der Waals surface area (Å²) >= 11 is 1.09. The molecule has 7 nitrogen and oxygen atoms in total. The van der Waals surface area contributed by atoms with Crippen LogP contribution in [0.5, 0.6) is 0 Å². The molecule has 0 amide bonds. The molecule has 1 saturated heterocycles. The quantitative estimate of drug-likeness (QED) is 0.801. The number of hydrogen-bond acceptors (Lipinski definition) is 5. The molecular formula is C12H17N3O4S2. The van der Waals surface area contributed by atoms with Gasteiger partial charge in [0, 0.05) is 30.2 Å². The Morgan fingerprint density at radius 2 is 2.00 bits per heavy atom. The van der Waals surface area contributed by atoms with E-state index in [4.69, 9.17) is 5.11 Å². The van der Waals surface area contributed by atoms with Gasteiger partial charge in [0.1, 0.15) is 0 Å². The highest BCUT2D eigenvalue weighted by Gasteiger charge is 2.23. The van der Waals surface area contributed by atoms with Gasteiger partial charge in [-0.3, -0.25) is 0 Å². The molecule has 9 heteroatoms. The minimum atomic E-state index is -3.59. The van der Waals surface area contributed by atoms with Gasteiger partial charge in [-0.25, -0.2) is 14.5 Å². The molecule has 2 heterocycles. The Morgan fingerprint density at radius 1 is 1.33 bits per heavy atom. The number of nitrogens with zero attached hydrogens (tertiary/aromatic N) is 2. The van der Waals surface area contributed by atoms with E-state index in [0.717, 1.165) is 43.1 Å². The molecule has 0 unspecified atom stereocenters. The lowest BCUT2D eigenvalue weighted by molar-refractivity contribution is -0.131. The Labute approximate surface area is 127 Å². The first-order valence-corrected chi connectivity index (χ1v) is 8.88. The van der Waals surface area contributed by atoms with E-state index in [1.54, 1.807) is 0 Å². The van der Waals surface area contributed by atoms with Crippen LogP contribution in [0.25, 0.3) is 6.08 Å². The van der Waals surface area contributed by atoms with Crippen LogP contribution in [0.2, 0.25) is 0 Å². The molecule has 0 atom stereocenters. The van der Waals surface area contributed by atoms with Gasteiger partial charge in [0.2, 0.25) is 0 Å². The molecule has 1 fully saturated rings. The Balaban J connectivity index is 2.04. The molecule has 0 saturated carbocycles. The summed E-state index contributed by atoms with van der Waals surface area (Å²) in [5.74, 6) is -1.06. The van der Waals surface area contributed by atoms with Crippen molar-refractivity contribution >= 4 is 38.7 Å². The number of anilines is 1. The van der Waals surface area contributed by atoms with Crippen LogP contribution in [-0.2, 0) is 15.0 Å². The van der Waals surface area contributed by atoms with Crippen molar-refractivity contribution in [2.45, 2.75) is 25.7 Å². The van der Waals surface area contributed by atoms with Crippen LogP contribution in [-0.4, -0.2) is 41.9 Å². The average Bonchev–Trinajstić information content (AvgIpc) is 2.67. The number of aromatic nitrogens is 1. The Kier molecular flexibility index (Phi) is 5.32. The molecule has 1 aliphatic heterocycles. The van der Waals surface area contributed by atoms with Gasteiger partial charge in [0.25, 0.3) is 0 Å². The first-order valence-electron chi connectivity index (χ1n) is 6.62. The molecule has 2 rings (SSSR count).